The summed E-state index contributed by atoms with van der Waals surface area (Å²) in [4.78, 5) is 15.1. The maximum absolute atomic E-state index is 13.4. The minimum absolute atomic E-state index is 0.0452. The molecule has 3 rings (SSSR count). The summed E-state index contributed by atoms with van der Waals surface area (Å²) in [5.41, 5.74) is 2.99. The highest BCUT2D eigenvalue weighted by atomic mass is 19.1. The number of aromatic amines is 1. The number of ether oxygens (including phenoxy) is 1. The van der Waals surface area contributed by atoms with Crippen LogP contribution in [0.3, 0.4) is 0 Å². The Morgan fingerprint density at radius 2 is 2.38 bits per heavy atom. The maximum atomic E-state index is 13.4. The fourth-order valence-corrected chi connectivity index (χ4v) is 2.89. The van der Waals surface area contributed by atoms with Crippen LogP contribution < -0.4 is 5.32 Å². The van der Waals surface area contributed by atoms with Gasteiger partial charge < -0.3 is 15.0 Å². The lowest BCUT2D eigenvalue weighted by molar-refractivity contribution is -0.129. The number of benzene rings is 1. The summed E-state index contributed by atoms with van der Waals surface area (Å²) in [7, 11) is 0. The molecule has 1 aliphatic heterocycles. The first-order chi connectivity index (χ1) is 10.1. The molecule has 0 aliphatic carbocycles. The molecule has 21 heavy (non-hydrogen) atoms. The van der Waals surface area contributed by atoms with Gasteiger partial charge in [0.2, 0.25) is 5.91 Å². The van der Waals surface area contributed by atoms with Gasteiger partial charge in [0.1, 0.15) is 11.9 Å². The molecule has 2 heterocycles. The normalized spacial score (nSPS) is 18.3. The van der Waals surface area contributed by atoms with Gasteiger partial charge >= 0.3 is 0 Å². The lowest BCUT2D eigenvalue weighted by atomic mass is 10.1. The predicted octanol–water partition coefficient (Wildman–Crippen LogP) is 2.45. The van der Waals surface area contributed by atoms with Crippen molar-refractivity contribution in [1.82, 2.24) is 10.3 Å². The zero-order chi connectivity index (χ0) is 14.8. The van der Waals surface area contributed by atoms with E-state index in [2.05, 4.69) is 10.3 Å². The van der Waals surface area contributed by atoms with E-state index in [0.717, 1.165) is 35.0 Å². The average molecular weight is 290 g/mol. The van der Waals surface area contributed by atoms with Gasteiger partial charge in [-0.15, -0.1) is 0 Å². The van der Waals surface area contributed by atoms with Crippen LogP contribution in [0.15, 0.2) is 18.2 Å². The summed E-state index contributed by atoms with van der Waals surface area (Å²) in [5.74, 6) is -0.290. The van der Waals surface area contributed by atoms with E-state index in [1.54, 1.807) is 6.07 Å². The summed E-state index contributed by atoms with van der Waals surface area (Å²) in [6.07, 6.45) is 2.11. The number of hydrogen-bond acceptors (Lipinski definition) is 2. The summed E-state index contributed by atoms with van der Waals surface area (Å²) >= 11 is 0. The number of amides is 1. The van der Waals surface area contributed by atoms with Crippen LogP contribution in [0, 0.1) is 12.7 Å². The zero-order valence-electron chi connectivity index (χ0n) is 12.0. The van der Waals surface area contributed by atoms with Crippen LogP contribution in [-0.2, 0) is 16.0 Å². The standard InChI is InChI=1S/C16H19FN2O2/c1-10-12(13-9-11(17)4-5-14(13)19-10)6-7-18-16(20)15-3-2-8-21-15/h4-5,9,15,19H,2-3,6-8H2,1H3,(H,18,20). The molecule has 0 spiro atoms. The van der Waals surface area contributed by atoms with Gasteiger partial charge in [-0.05, 0) is 49.9 Å². The molecule has 112 valence electrons. The van der Waals surface area contributed by atoms with E-state index in [0.29, 0.717) is 19.6 Å². The van der Waals surface area contributed by atoms with Crippen molar-refractivity contribution in [2.45, 2.75) is 32.3 Å². The Bertz CT molecular complexity index is 660. The number of carbonyl (C=O) groups excluding carboxylic acids is 1. The van der Waals surface area contributed by atoms with Crippen molar-refractivity contribution in [3.63, 3.8) is 0 Å². The highest BCUT2D eigenvalue weighted by Crippen LogP contribution is 2.23. The number of aryl methyl sites for hydroxylation is 1. The third-order valence-electron chi connectivity index (χ3n) is 3.98. The lowest BCUT2D eigenvalue weighted by Crippen LogP contribution is -2.35. The Balaban J connectivity index is 1.66. The SMILES string of the molecule is Cc1[nH]c2ccc(F)cc2c1CCNC(=O)C1CCCO1. The first-order valence-corrected chi connectivity index (χ1v) is 7.31. The molecule has 1 fully saturated rings. The van der Waals surface area contributed by atoms with Crippen LogP contribution in [0.1, 0.15) is 24.1 Å². The third kappa shape index (κ3) is 2.93. The molecule has 2 aromatic rings. The summed E-state index contributed by atoms with van der Waals surface area (Å²) in [6, 6.07) is 4.73. The van der Waals surface area contributed by atoms with Gasteiger partial charge in [0.05, 0.1) is 0 Å². The smallest absolute Gasteiger partial charge is 0.249 e. The summed E-state index contributed by atoms with van der Waals surface area (Å²) < 4.78 is 18.7. The molecule has 1 aromatic heterocycles. The monoisotopic (exact) mass is 290 g/mol. The van der Waals surface area contributed by atoms with E-state index in [4.69, 9.17) is 4.74 Å². The number of halogens is 1. The molecule has 1 aromatic carbocycles. The first-order valence-electron chi connectivity index (χ1n) is 7.31. The second-order valence-corrected chi connectivity index (χ2v) is 5.46. The molecular formula is C16H19FN2O2. The number of aromatic nitrogens is 1. The second-order valence-electron chi connectivity index (χ2n) is 5.46. The van der Waals surface area contributed by atoms with Crippen molar-refractivity contribution in [2.75, 3.05) is 13.2 Å². The summed E-state index contributed by atoms with van der Waals surface area (Å²) in [5, 5.41) is 3.79. The highest BCUT2D eigenvalue weighted by molar-refractivity contribution is 5.85. The lowest BCUT2D eigenvalue weighted by Gasteiger charge is -2.10. The Morgan fingerprint density at radius 1 is 1.52 bits per heavy atom. The van der Waals surface area contributed by atoms with Gasteiger partial charge in [-0.1, -0.05) is 0 Å². The number of hydrogen-bond donors (Lipinski definition) is 2. The van der Waals surface area contributed by atoms with Crippen molar-refractivity contribution in [3.05, 3.63) is 35.3 Å². The van der Waals surface area contributed by atoms with E-state index in [9.17, 15) is 9.18 Å². The molecule has 1 unspecified atom stereocenters. The van der Waals surface area contributed by atoms with E-state index < -0.39 is 0 Å². The largest absolute Gasteiger partial charge is 0.368 e. The summed E-state index contributed by atoms with van der Waals surface area (Å²) in [6.45, 7) is 3.16. The Labute approximate surface area is 122 Å². The Kier molecular flexibility index (Phi) is 3.92. The second kappa shape index (κ2) is 5.85. The first kappa shape index (κ1) is 14.1. The van der Waals surface area contributed by atoms with Crippen molar-refractivity contribution in [1.29, 1.82) is 0 Å². The number of rotatable bonds is 4. The van der Waals surface area contributed by atoms with Crippen LogP contribution in [0.2, 0.25) is 0 Å². The molecule has 1 aliphatic rings. The van der Waals surface area contributed by atoms with E-state index >= 15 is 0 Å². The van der Waals surface area contributed by atoms with Crippen molar-refractivity contribution >= 4 is 16.8 Å². The molecule has 1 saturated heterocycles. The zero-order valence-corrected chi connectivity index (χ0v) is 12.0. The molecular weight excluding hydrogens is 271 g/mol. The number of carbonyl (C=O) groups is 1. The van der Waals surface area contributed by atoms with E-state index in [-0.39, 0.29) is 17.8 Å². The Hall–Kier alpha value is -1.88. The Morgan fingerprint density at radius 3 is 3.14 bits per heavy atom. The van der Waals surface area contributed by atoms with Gasteiger partial charge in [-0.25, -0.2) is 4.39 Å². The fourth-order valence-electron chi connectivity index (χ4n) is 2.89. The van der Waals surface area contributed by atoms with Crippen molar-refractivity contribution < 1.29 is 13.9 Å². The topological polar surface area (TPSA) is 54.1 Å². The number of H-pyrrole nitrogens is 1. The van der Waals surface area contributed by atoms with Gasteiger partial charge in [0.15, 0.2) is 0 Å². The minimum Gasteiger partial charge on any atom is -0.368 e. The number of fused-ring (bicyclic) bond motifs is 1. The van der Waals surface area contributed by atoms with Crippen LogP contribution in [0.5, 0.6) is 0 Å². The van der Waals surface area contributed by atoms with Crippen LogP contribution in [0.4, 0.5) is 4.39 Å². The maximum Gasteiger partial charge on any atom is 0.249 e. The van der Waals surface area contributed by atoms with E-state index in [1.807, 2.05) is 6.92 Å². The van der Waals surface area contributed by atoms with Gasteiger partial charge in [0.25, 0.3) is 0 Å². The van der Waals surface area contributed by atoms with Crippen LogP contribution in [-0.4, -0.2) is 30.1 Å². The third-order valence-corrected chi connectivity index (χ3v) is 3.98. The molecule has 1 atom stereocenters. The highest BCUT2D eigenvalue weighted by Gasteiger charge is 2.23. The van der Waals surface area contributed by atoms with E-state index in [1.165, 1.54) is 12.1 Å². The molecule has 0 saturated carbocycles. The molecule has 4 nitrogen and oxygen atoms in total. The molecule has 0 radical (unpaired) electrons. The fraction of sp³-hybridized carbons (Fsp3) is 0.438. The predicted molar refractivity (Wildman–Crippen MR) is 78.7 cm³/mol. The molecule has 0 bridgehead atoms. The molecule has 5 heteroatoms. The number of nitrogens with one attached hydrogen (secondary N) is 2. The minimum atomic E-state index is -0.300. The van der Waals surface area contributed by atoms with Crippen LogP contribution in [0.25, 0.3) is 10.9 Å². The molecule has 1 amide bonds. The van der Waals surface area contributed by atoms with Crippen molar-refractivity contribution in [3.8, 4) is 0 Å². The quantitative estimate of drug-likeness (QED) is 0.909. The van der Waals surface area contributed by atoms with Gasteiger partial charge in [-0.2, -0.15) is 0 Å². The van der Waals surface area contributed by atoms with Gasteiger partial charge in [0, 0.05) is 29.7 Å². The van der Waals surface area contributed by atoms with Crippen molar-refractivity contribution in [2.24, 2.45) is 0 Å². The molecule has 2 N–H and O–H groups in total. The van der Waals surface area contributed by atoms with Gasteiger partial charge in [-0.3, -0.25) is 4.79 Å². The van der Waals surface area contributed by atoms with Crippen LogP contribution >= 0.6 is 0 Å². The average Bonchev–Trinajstić information content (AvgIpc) is 3.08.